The molecular formula is C13H12ClN3O3S. The second kappa shape index (κ2) is 6.19. The van der Waals surface area contributed by atoms with Crippen LogP contribution in [-0.2, 0) is 16.4 Å². The lowest BCUT2D eigenvalue weighted by molar-refractivity contribution is 0.0945. The molecule has 1 heterocycles. The van der Waals surface area contributed by atoms with Crippen LogP contribution in [0, 0.1) is 0 Å². The van der Waals surface area contributed by atoms with Gasteiger partial charge >= 0.3 is 0 Å². The molecule has 0 bridgehead atoms. The Labute approximate surface area is 127 Å². The van der Waals surface area contributed by atoms with Gasteiger partial charge in [0.05, 0.1) is 4.90 Å². The lowest BCUT2D eigenvalue weighted by Gasteiger charge is -2.05. The van der Waals surface area contributed by atoms with Crippen molar-refractivity contribution in [2.75, 3.05) is 6.26 Å². The third-order valence-electron chi connectivity index (χ3n) is 2.67. The van der Waals surface area contributed by atoms with Gasteiger partial charge in [0.1, 0.15) is 0 Å². The summed E-state index contributed by atoms with van der Waals surface area (Å²) in [6, 6.07) is 9.23. The van der Waals surface area contributed by atoms with E-state index in [1.807, 2.05) is 0 Å². The number of aromatic nitrogens is 2. The minimum atomic E-state index is -3.22. The van der Waals surface area contributed by atoms with Gasteiger partial charge in [0.15, 0.2) is 20.7 Å². The predicted octanol–water partition coefficient (Wildman–Crippen LogP) is 1.46. The van der Waals surface area contributed by atoms with Gasteiger partial charge in [-0.15, -0.1) is 10.2 Å². The summed E-state index contributed by atoms with van der Waals surface area (Å²) in [6.07, 6.45) is 1.14. The highest BCUT2D eigenvalue weighted by atomic mass is 35.5. The average Bonchev–Trinajstić information content (AvgIpc) is 2.45. The number of carbonyl (C=O) groups excluding carboxylic acids is 1. The molecule has 0 aliphatic rings. The third-order valence-corrected chi connectivity index (χ3v) is 4.00. The molecule has 0 saturated carbocycles. The van der Waals surface area contributed by atoms with Gasteiger partial charge in [-0.2, -0.15) is 0 Å². The largest absolute Gasteiger partial charge is 0.347 e. The Kier molecular flexibility index (Phi) is 4.54. The zero-order valence-electron chi connectivity index (χ0n) is 11.1. The van der Waals surface area contributed by atoms with E-state index in [-0.39, 0.29) is 28.2 Å². The molecule has 110 valence electrons. The lowest BCUT2D eigenvalue weighted by atomic mass is 10.2. The van der Waals surface area contributed by atoms with Crippen LogP contribution in [0.4, 0.5) is 0 Å². The van der Waals surface area contributed by atoms with Crippen molar-refractivity contribution in [1.29, 1.82) is 0 Å². The maximum atomic E-state index is 11.8. The Morgan fingerprint density at radius 3 is 2.33 bits per heavy atom. The molecule has 2 rings (SSSR count). The molecule has 0 aliphatic carbocycles. The number of carbonyl (C=O) groups is 1. The highest BCUT2D eigenvalue weighted by Crippen LogP contribution is 2.10. The Bertz CT molecular complexity index is 743. The molecule has 0 atom stereocenters. The first kappa shape index (κ1) is 15.4. The maximum Gasteiger partial charge on any atom is 0.272 e. The number of sulfone groups is 1. The fourth-order valence-corrected chi connectivity index (χ4v) is 2.30. The Morgan fingerprint density at radius 2 is 1.81 bits per heavy atom. The highest BCUT2D eigenvalue weighted by molar-refractivity contribution is 7.90. The molecule has 0 unspecified atom stereocenters. The van der Waals surface area contributed by atoms with Crippen LogP contribution in [0.5, 0.6) is 0 Å². The van der Waals surface area contributed by atoms with E-state index in [1.165, 1.54) is 24.3 Å². The Morgan fingerprint density at radius 1 is 1.14 bits per heavy atom. The molecule has 1 amide bonds. The number of nitrogens with one attached hydrogen (secondary N) is 1. The number of amides is 1. The van der Waals surface area contributed by atoms with Crippen LogP contribution in [0.3, 0.4) is 0 Å². The van der Waals surface area contributed by atoms with Crippen molar-refractivity contribution >= 4 is 27.3 Å². The number of hydrogen-bond donors (Lipinski definition) is 1. The third kappa shape index (κ3) is 4.24. The quantitative estimate of drug-likeness (QED) is 0.919. The first-order valence-corrected chi connectivity index (χ1v) is 8.19. The van der Waals surface area contributed by atoms with E-state index in [9.17, 15) is 13.2 Å². The SMILES string of the molecule is CS(=O)(=O)c1ccc(CNC(=O)c2ccc(Cl)nn2)cc1. The summed E-state index contributed by atoms with van der Waals surface area (Å²) in [7, 11) is -3.22. The minimum Gasteiger partial charge on any atom is -0.347 e. The second-order valence-electron chi connectivity index (χ2n) is 4.34. The Balaban J connectivity index is 2.00. The van der Waals surface area contributed by atoms with Crippen molar-refractivity contribution in [3.8, 4) is 0 Å². The van der Waals surface area contributed by atoms with Crippen molar-refractivity contribution in [2.24, 2.45) is 0 Å². The minimum absolute atomic E-state index is 0.159. The summed E-state index contributed by atoms with van der Waals surface area (Å²) < 4.78 is 22.7. The number of nitrogens with zero attached hydrogens (tertiary/aromatic N) is 2. The molecule has 0 radical (unpaired) electrons. The van der Waals surface area contributed by atoms with Crippen molar-refractivity contribution in [3.05, 3.63) is 52.8 Å². The number of benzene rings is 1. The zero-order valence-corrected chi connectivity index (χ0v) is 12.6. The molecule has 6 nitrogen and oxygen atoms in total. The van der Waals surface area contributed by atoms with E-state index in [1.54, 1.807) is 12.1 Å². The summed E-state index contributed by atoms with van der Waals surface area (Å²) in [6.45, 7) is 0.257. The fourth-order valence-electron chi connectivity index (χ4n) is 1.56. The highest BCUT2D eigenvalue weighted by Gasteiger charge is 2.09. The monoisotopic (exact) mass is 325 g/mol. The van der Waals surface area contributed by atoms with Crippen LogP contribution in [0.2, 0.25) is 5.15 Å². The van der Waals surface area contributed by atoms with Crippen LogP contribution in [-0.4, -0.2) is 30.8 Å². The first-order chi connectivity index (χ1) is 9.86. The number of halogens is 1. The molecule has 0 saturated heterocycles. The van der Waals surface area contributed by atoms with E-state index in [2.05, 4.69) is 15.5 Å². The molecule has 0 spiro atoms. The van der Waals surface area contributed by atoms with Crippen molar-refractivity contribution in [1.82, 2.24) is 15.5 Å². The van der Waals surface area contributed by atoms with E-state index in [0.717, 1.165) is 11.8 Å². The number of rotatable bonds is 4. The summed E-state index contributed by atoms with van der Waals surface area (Å²) >= 11 is 5.59. The molecule has 8 heteroatoms. The van der Waals surface area contributed by atoms with E-state index < -0.39 is 9.84 Å². The topological polar surface area (TPSA) is 89.0 Å². The average molecular weight is 326 g/mol. The van der Waals surface area contributed by atoms with Crippen LogP contribution in [0.25, 0.3) is 0 Å². The standard InChI is InChI=1S/C13H12ClN3O3S/c1-21(19,20)10-4-2-9(3-5-10)8-15-13(18)11-6-7-12(14)17-16-11/h2-7H,8H2,1H3,(H,15,18). The molecule has 0 fully saturated rings. The van der Waals surface area contributed by atoms with Crippen LogP contribution in [0.1, 0.15) is 16.1 Å². The van der Waals surface area contributed by atoms with E-state index in [0.29, 0.717) is 0 Å². The van der Waals surface area contributed by atoms with Crippen molar-refractivity contribution < 1.29 is 13.2 Å². The van der Waals surface area contributed by atoms with Gasteiger partial charge in [-0.1, -0.05) is 23.7 Å². The normalized spacial score (nSPS) is 11.1. The molecule has 0 aliphatic heterocycles. The van der Waals surface area contributed by atoms with Crippen molar-refractivity contribution in [2.45, 2.75) is 11.4 Å². The summed E-state index contributed by atoms with van der Waals surface area (Å²) in [5, 5.41) is 10.1. The molecule has 1 aromatic carbocycles. The molecule has 2 aromatic rings. The van der Waals surface area contributed by atoms with Gasteiger partial charge in [0.2, 0.25) is 0 Å². The van der Waals surface area contributed by atoms with Gasteiger partial charge in [-0.3, -0.25) is 4.79 Å². The van der Waals surface area contributed by atoms with Gasteiger partial charge < -0.3 is 5.32 Å². The molecule has 1 aromatic heterocycles. The van der Waals surface area contributed by atoms with Crippen LogP contribution < -0.4 is 5.32 Å². The smallest absolute Gasteiger partial charge is 0.272 e. The predicted molar refractivity (Wildman–Crippen MR) is 77.8 cm³/mol. The molecule has 21 heavy (non-hydrogen) atoms. The Hall–Kier alpha value is -1.99. The lowest BCUT2D eigenvalue weighted by Crippen LogP contribution is -2.24. The van der Waals surface area contributed by atoms with E-state index in [4.69, 9.17) is 11.6 Å². The zero-order chi connectivity index (χ0) is 15.5. The summed E-state index contributed by atoms with van der Waals surface area (Å²) in [5.41, 5.74) is 0.935. The fraction of sp³-hybridized carbons (Fsp3) is 0.154. The number of hydrogen-bond acceptors (Lipinski definition) is 5. The van der Waals surface area contributed by atoms with Gasteiger partial charge in [-0.25, -0.2) is 8.42 Å². The van der Waals surface area contributed by atoms with Gasteiger partial charge in [-0.05, 0) is 29.8 Å². The van der Waals surface area contributed by atoms with Crippen LogP contribution in [0.15, 0.2) is 41.3 Å². The van der Waals surface area contributed by atoms with Gasteiger partial charge in [0, 0.05) is 12.8 Å². The van der Waals surface area contributed by atoms with Crippen molar-refractivity contribution in [3.63, 3.8) is 0 Å². The summed E-state index contributed by atoms with van der Waals surface area (Å²) in [5.74, 6) is -0.383. The van der Waals surface area contributed by atoms with Gasteiger partial charge in [0.25, 0.3) is 5.91 Å². The molecule has 1 N–H and O–H groups in total. The molecular weight excluding hydrogens is 314 g/mol. The second-order valence-corrected chi connectivity index (χ2v) is 6.74. The summed E-state index contributed by atoms with van der Waals surface area (Å²) in [4.78, 5) is 12.0. The van der Waals surface area contributed by atoms with E-state index >= 15 is 0 Å². The maximum absolute atomic E-state index is 11.8. The van der Waals surface area contributed by atoms with Crippen LogP contribution >= 0.6 is 11.6 Å². The first-order valence-electron chi connectivity index (χ1n) is 5.93.